The summed E-state index contributed by atoms with van der Waals surface area (Å²) in [6.07, 6.45) is 9.34. The van der Waals surface area contributed by atoms with Gasteiger partial charge in [0.05, 0.1) is 47.9 Å². The van der Waals surface area contributed by atoms with Crippen LogP contribution in [0.5, 0.6) is 0 Å². The number of alkyl halides is 2. The third kappa shape index (κ3) is 12.2. The fourth-order valence-electron chi connectivity index (χ4n) is 4.17. The summed E-state index contributed by atoms with van der Waals surface area (Å²) in [6, 6.07) is 10.6. The van der Waals surface area contributed by atoms with Crippen LogP contribution in [0.15, 0.2) is 73.6 Å². The van der Waals surface area contributed by atoms with Gasteiger partial charge in [-0.05, 0) is 59.7 Å². The fraction of sp³-hybridized carbons (Fsp3) is 0.276. The Morgan fingerprint density at radius 2 is 1.16 bits per heavy atom. The van der Waals surface area contributed by atoms with E-state index in [2.05, 4.69) is 20.3 Å². The zero-order valence-corrected chi connectivity index (χ0v) is 28.8. The van der Waals surface area contributed by atoms with E-state index in [1.165, 1.54) is 32.6 Å². The summed E-state index contributed by atoms with van der Waals surface area (Å²) < 4.78 is 15.6. The largest absolute Gasteiger partial charge is 1.00 e. The number of pyridine rings is 3. The van der Waals surface area contributed by atoms with E-state index in [-0.39, 0.29) is 61.2 Å². The summed E-state index contributed by atoms with van der Waals surface area (Å²) in [6.45, 7) is 4.05. The van der Waals surface area contributed by atoms with Crippen LogP contribution in [0.4, 0.5) is 0 Å². The van der Waals surface area contributed by atoms with Gasteiger partial charge in [0.15, 0.2) is 5.65 Å². The van der Waals surface area contributed by atoms with E-state index in [1.54, 1.807) is 56.7 Å². The molecule has 0 saturated heterocycles. The Morgan fingerprint density at radius 3 is 1.64 bits per heavy atom. The van der Waals surface area contributed by atoms with Crippen LogP contribution in [0.1, 0.15) is 13.8 Å². The minimum atomic E-state index is -1.00. The van der Waals surface area contributed by atoms with Crippen molar-refractivity contribution in [3.63, 3.8) is 0 Å². The number of rotatable bonds is 8. The van der Waals surface area contributed by atoms with E-state index in [0.29, 0.717) is 35.5 Å². The quantitative estimate of drug-likeness (QED) is 0.0562. The third-order valence-electron chi connectivity index (χ3n) is 5.97. The summed E-state index contributed by atoms with van der Waals surface area (Å²) >= 11 is 9.53. The van der Waals surface area contributed by atoms with Crippen molar-refractivity contribution in [3.8, 4) is 0 Å². The van der Waals surface area contributed by atoms with Gasteiger partial charge in [0.1, 0.15) is 18.9 Å². The van der Waals surface area contributed by atoms with Crippen LogP contribution in [-0.4, -0.2) is 91.8 Å². The molecule has 0 aliphatic rings. The van der Waals surface area contributed by atoms with Crippen LogP contribution >= 0.6 is 23.2 Å². The predicted octanol–water partition coefficient (Wildman–Crippen LogP) is -0.987. The molecule has 0 aliphatic carbocycles. The number of carboxylic acids is 1. The molecule has 4 N–H and O–H groups in total. The number of nitrogens with zero attached hydrogens (tertiary/aromatic N) is 9. The SMILES string of the molecule is CCOC(=O)Cn1ncc2ccc[n+](O)c21.CCOC(=O)Cn1ncc2cccnc21.ClCCl.O=C(O)Cn1ncc2ccc[n+](O)c21.[Li+].[OH-]. The fourth-order valence-corrected chi connectivity index (χ4v) is 4.17. The zero-order chi connectivity index (χ0) is 35.1. The Morgan fingerprint density at radius 1 is 0.740 bits per heavy atom. The first kappa shape index (κ1) is 43.0. The van der Waals surface area contributed by atoms with Gasteiger partial charge < -0.3 is 30.5 Å². The van der Waals surface area contributed by atoms with Gasteiger partial charge in [0.2, 0.25) is 13.1 Å². The van der Waals surface area contributed by atoms with Gasteiger partial charge in [-0.25, -0.2) is 19.3 Å². The number of esters is 2. The topological polar surface area (TPSA) is 234 Å². The first-order valence-electron chi connectivity index (χ1n) is 14.2. The van der Waals surface area contributed by atoms with Crippen molar-refractivity contribution in [1.82, 2.24) is 34.3 Å². The van der Waals surface area contributed by atoms with E-state index < -0.39 is 5.97 Å². The van der Waals surface area contributed by atoms with Crippen molar-refractivity contribution in [3.05, 3.63) is 73.6 Å². The summed E-state index contributed by atoms with van der Waals surface area (Å²) in [5, 5.41) is 42.1. The van der Waals surface area contributed by atoms with E-state index in [0.717, 1.165) is 20.2 Å². The normalized spacial score (nSPS) is 9.84. The van der Waals surface area contributed by atoms with Crippen molar-refractivity contribution in [2.75, 3.05) is 18.6 Å². The van der Waals surface area contributed by atoms with Gasteiger partial charge in [0, 0.05) is 11.6 Å². The molecule has 0 aromatic carbocycles. The molecule has 6 heterocycles. The molecule has 21 heteroatoms. The second-order valence-electron chi connectivity index (χ2n) is 9.19. The molecule has 262 valence electrons. The standard InChI is InChI=1S/C10H12N3O3.C10H11N3O2.C8H7N3O3.CH2Cl2.Li.H2O/c1-2-16-9(14)7-12-10-8(6-11-12)4-3-5-13(10)15;1-2-15-9(14)7-13-10-8(6-12-13)4-3-5-11-10;12-7(13)5-10-8-6(4-9-10)2-1-3-11(8)14;2-1-3;;/h3-6,15H,2,7H2,1H3;3-6H,2,7H2,1H3;1-4H,5H2,(H-,12,13,14);1H2;;1H2/q+1;;;;+1;. The molecule has 0 amide bonds. The van der Waals surface area contributed by atoms with Crippen LogP contribution in [0.3, 0.4) is 0 Å². The number of carboxylic acid groups (broad SMARTS) is 1. The molecule has 0 radical (unpaired) electrons. The molecule has 0 aliphatic heterocycles. The average Bonchev–Trinajstić information content (AvgIpc) is 3.77. The Hall–Kier alpha value is -4.99. The van der Waals surface area contributed by atoms with Crippen LogP contribution in [0.25, 0.3) is 33.1 Å². The summed E-state index contributed by atoms with van der Waals surface area (Å²) in [4.78, 5) is 37.2. The molecular formula is C29H34Cl2LiN9O9+2. The molecule has 0 fully saturated rings. The second kappa shape index (κ2) is 21.9. The average molecular weight is 730 g/mol. The molecule has 0 bridgehead atoms. The maximum atomic E-state index is 11.3. The number of aliphatic carboxylic acids is 1. The Kier molecular flexibility index (Phi) is 18.8. The molecule has 18 nitrogen and oxygen atoms in total. The van der Waals surface area contributed by atoms with E-state index in [1.807, 2.05) is 12.1 Å². The molecule has 0 saturated carbocycles. The van der Waals surface area contributed by atoms with Crippen LogP contribution in [-0.2, 0) is 43.5 Å². The van der Waals surface area contributed by atoms with Crippen LogP contribution < -0.4 is 28.3 Å². The second-order valence-corrected chi connectivity index (χ2v) is 10.00. The number of ether oxygens (including phenoxy) is 2. The Balaban J connectivity index is 0.000000354. The molecule has 0 spiro atoms. The number of carbonyl (C=O) groups excluding carboxylic acids is 2. The van der Waals surface area contributed by atoms with E-state index in [4.69, 9.17) is 37.8 Å². The summed E-state index contributed by atoms with van der Waals surface area (Å²) in [5.74, 6) is -1.68. The molecule has 0 atom stereocenters. The van der Waals surface area contributed by atoms with Crippen LogP contribution in [0, 0.1) is 0 Å². The van der Waals surface area contributed by atoms with E-state index >= 15 is 0 Å². The van der Waals surface area contributed by atoms with Gasteiger partial charge in [-0.15, -0.1) is 32.6 Å². The zero-order valence-electron chi connectivity index (χ0n) is 27.3. The molecule has 6 aromatic heterocycles. The first-order chi connectivity index (χ1) is 23.1. The Bertz CT molecular complexity index is 1970. The number of fused-ring (bicyclic) bond motifs is 3. The molecule has 6 aromatic rings. The van der Waals surface area contributed by atoms with Crippen molar-refractivity contribution >= 4 is 74.2 Å². The summed E-state index contributed by atoms with van der Waals surface area (Å²) in [5.41, 5.74) is 1.54. The van der Waals surface area contributed by atoms with Crippen LogP contribution in [0.2, 0.25) is 0 Å². The van der Waals surface area contributed by atoms with Crippen molar-refractivity contribution in [1.29, 1.82) is 0 Å². The molecule has 6 rings (SSSR count). The van der Waals surface area contributed by atoms with Crippen molar-refractivity contribution in [2.45, 2.75) is 33.5 Å². The number of carbonyl (C=O) groups is 3. The number of hydrogen-bond donors (Lipinski definition) is 3. The smallest absolute Gasteiger partial charge is 0.870 e. The molecular weight excluding hydrogens is 696 g/mol. The first-order valence-corrected chi connectivity index (χ1v) is 15.2. The monoisotopic (exact) mass is 729 g/mol. The van der Waals surface area contributed by atoms with Gasteiger partial charge >= 0.3 is 48.1 Å². The van der Waals surface area contributed by atoms with Gasteiger partial charge in [0.25, 0.3) is 0 Å². The van der Waals surface area contributed by atoms with Gasteiger partial charge in [-0.2, -0.15) is 5.10 Å². The van der Waals surface area contributed by atoms with Crippen molar-refractivity contribution < 1.29 is 73.2 Å². The predicted molar refractivity (Wildman–Crippen MR) is 171 cm³/mol. The maximum Gasteiger partial charge on any atom is 1.00 e. The van der Waals surface area contributed by atoms with Gasteiger partial charge in [-0.3, -0.25) is 4.79 Å². The molecule has 0 unspecified atom stereocenters. The number of aromatic nitrogens is 9. The van der Waals surface area contributed by atoms with Crippen molar-refractivity contribution in [2.24, 2.45) is 0 Å². The number of halogens is 2. The maximum absolute atomic E-state index is 11.3. The summed E-state index contributed by atoms with van der Waals surface area (Å²) in [7, 11) is 0. The third-order valence-corrected chi connectivity index (χ3v) is 5.97. The minimum Gasteiger partial charge on any atom is -0.870 e. The van der Waals surface area contributed by atoms with Gasteiger partial charge in [-0.1, -0.05) is 10.2 Å². The molecule has 50 heavy (non-hydrogen) atoms. The number of hydrogen-bond acceptors (Lipinski definition) is 12. The Labute approximate surface area is 306 Å². The van der Waals surface area contributed by atoms with E-state index in [9.17, 15) is 24.8 Å². The minimum absolute atomic E-state index is 0.